The first-order valence-corrected chi connectivity index (χ1v) is 3.75. The van der Waals surface area contributed by atoms with Crippen LogP contribution in [0.4, 0.5) is 0 Å². The van der Waals surface area contributed by atoms with Crippen LogP contribution in [0.5, 0.6) is 0 Å². The molecular formula is C8H9NOS. The first-order chi connectivity index (χ1) is 5.25. The number of allylic oxidation sites excluding steroid dienone is 4. The molecule has 1 aliphatic rings. The van der Waals surface area contributed by atoms with E-state index in [0.29, 0.717) is 5.71 Å². The molecule has 11 heavy (non-hydrogen) atoms. The van der Waals surface area contributed by atoms with Crippen molar-refractivity contribution in [2.75, 3.05) is 0 Å². The highest BCUT2D eigenvalue weighted by atomic mass is 32.1. The van der Waals surface area contributed by atoms with Gasteiger partial charge in [-0.3, -0.25) is 0 Å². The Kier molecular flexibility index (Phi) is 2.54. The van der Waals surface area contributed by atoms with Crippen molar-refractivity contribution in [3.05, 3.63) is 23.8 Å². The molecule has 0 amide bonds. The van der Waals surface area contributed by atoms with Crippen LogP contribution in [0.15, 0.2) is 29.0 Å². The molecule has 1 aliphatic carbocycles. The molecule has 3 heteroatoms. The zero-order chi connectivity index (χ0) is 8.27. The van der Waals surface area contributed by atoms with Crippen molar-refractivity contribution in [3.8, 4) is 0 Å². The van der Waals surface area contributed by atoms with Gasteiger partial charge in [-0.25, -0.2) is 0 Å². The molecule has 0 bridgehead atoms. The van der Waals surface area contributed by atoms with Crippen LogP contribution in [0.25, 0.3) is 0 Å². The monoisotopic (exact) mass is 167 g/mol. The maximum Gasteiger partial charge on any atom is 0.0848 e. The first-order valence-electron chi connectivity index (χ1n) is 3.34. The van der Waals surface area contributed by atoms with E-state index in [4.69, 9.17) is 17.4 Å². The van der Waals surface area contributed by atoms with Crippen LogP contribution in [-0.4, -0.2) is 15.8 Å². The molecule has 2 nitrogen and oxygen atoms in total. The summed E-state index contributed by atoms with van der Waals surface area (Å²) in [6, 6.07) is 0. The predicted molar refractivity (Wildman–Crippen MR) is 49.3 cm³/mol. The fourth-order valence-electron chi connectivity index (χ4n) is 0.918. The summed E-state index contributed by atoms with van der Waals surface area (Å²) in [6.07, 6.45) is 6.53. The number of oxime groups is 1. The third-order valence-corrected chi connectivity index (χ3v) is 1.93. The van der Waals surface area contributed by atoms with Crippen LogP contribution in [0, 0.1) is 0 Å². The Morgan fingerprint density at radius 2 is 2.45 bits per heavy atom. The van der Waals surface area contributed by atoms with Crippen LogP contribution in [0.3, 0.4) is 0 Å². The molecule has 0 saturated carbocycles. The van der Waals surface area contributed by atoms with Crippen molar-refractivity contribution in [3.63, 3.8) is 0 Å². The maximum absolute atomic E-state index is 8.47. The van der Waals surface area contributed by atoms with E-state index in [1.165, 1.54) is 0 Å². The van der Waals surface area contributed by atoms with Gasteiger partial charge < -0.3 is 5.21 Å². The second-order valence-electron chi connectivity index (χ2n) is 2.32. The molecule has 0 heterocycles. The van der Waals surface area contributed by atoms with Gasteiger partial charge in [0, 0.05) is 16.9 Å². The van der Waals surface area contributed by atoms with E-state index in [9.17, 15) is 0 Å². The molecule has 0 fully saturated rings. The highest BCUT2D eigenvalue weighted by Gasteiger charge is 2.08. The Hall–Kier alpha value is -0.960. The van der Waals surface area contributed by atoms with Crippen LogP contribution >= 0.6 is 12.2 Å². The smallest absolute Gasteiger partial charge is 0.0848 e. The normalized spacial score (nSPS) is 18.5. The molecular weight excluding hydrogens is 158 g/mol. The lowest BCUT2D eigenvalue weighted by Gasteiger charge is -2.07. The highest BCUT2D eigenvalue weighted by Crippen LogP contribution is 2.11. The van der Waals surface area contributed by atoms with Gasteiger partial charge >= 0.3 is 0 Å². The van der Waals surface area contributed by atoms with E-state index in [-0.39, 0.29) is 0 Å². The van der Waals surface area contributed by atoms with Gasteiger partial charge in [0.25, 0.3) is 0 Å². The molecule has 58 valence electrons. The average Bonchev–Trinajstić information content (AvgIpc) is 2.04. The van der Waals surface area contributed by atoms with E-state index < -0.39 is 0 Å². The zero-order valence-electron chi connectivity index (χ0n) is 6.24. The van der Waals surface area contributed by atoms with Crippen LogP contribution in [0.1, 0.15) is 13.3 Å². The molecule has 0 atom stereocenters. The molecule has 0 aliphatic heterocycles. The Bertz CT molecular complexity index is 263. The number of nitrogens with zero attached hydrogens (tertiary/aromatic N) is 1. The van der Waals surface area contributed by atoms with Crippen molar-refractivity contribution < 1.29 is 5.21 Å². The quantitative estimate of drug-likeness (QED) is 0.281. The number of hydrogen-bond donors (Lipinski definition) is 1. The summed E-state index contributed by atoms with van der Waals surface area (Å²) in [7, 11) is 0. The summed E-state index contributed by atoms with van der Waals surface area (Å²) in [5.74, 6) is 0. The van der Waals surface area contributed by atoms with Crippen molar-refractivity contribution in [2.45, 2.75) is 13.3 Å². The van der Waals surface area contributed by atoms with E-state index in [1.807, 2.05) is 18.2 Å². The van der Waals surface area contributed by atoms with Gasteiger partial charge in [-0.1, -0.05) is 35.6 Å². The fraction of sp³-hybridized carbons (Fsp3) is 0.250. The van der Waals surface area contributed by atoms with Crippen molar-refractivity contribution in [1.82, 2.24) is 0 Å². The molecule has 0 spiro atoms. The number of thiocarbonyl (C=S) groups is 1. The second kappa shape index (κ2) is 3.44. The van der Waals surface area contributed by atoms with Crippen LogP contribution in [-0.2, 0) is 0 Å². The maximum atomic E-state index is 8.47. The van der Waals surface area contributed by atoms with E-state index >= 15 is 0 Å². The Morgan fingerprint density at radius 3 is 3.00 bits per heavy atom. The lowest BCUT2D eigenvalue weighted by Crippen LogP contribution is -2.09. The SMILES string of the molecule is CC(=NO)C1=CC=CCC1=S. The van der Waals surface area contributed by atoms with Gasteiger partial charge in [0.15, 0.2) is 0 Å². The third-order valence-electron chi connectivity index (χ3n) is 1.54. The molecule has 0 radical (unpaired) electrons. The Morgan fingerprint density at radius 1 is 1.73 bits per heavy atom. The summed E-state index contributed by atoms with van der Waals surface area (Å²) in [4.78, 5) is 0.836. The van der Waals surface area contributed by atoms with E-state index in [2.05, 4.69) is 5.16 Å². The summed E-state index contributed by atoms with van der Waals surface area (Å²) in [6.45, 7) is 1.73. The van der Waals surface area contributed by atoms with Gasteiger partial charge in [-0.05, 0) is 6.92 Å². The van der Waals surface area contributed by atoms with Gasteiger partial charge in [0.2, 0.25) is 0 Å². The highest BCUT2D eigenvalue weighted by molar-refractivity contribution is 7.81. The van der Waals surface area contributed by atoms with Gasteiger partial charge in [0.1, 0.15) is 0 Å². The number of rotatable bonds is 1. The molecule has 0 unspecified atom stereocenters. The van der Waals surface area contributed by atoms with Crippen molar-refractivity contribution in [1.29, 1.82) is 0 Å². The number of hydrogen-bond acceptors (Lipinski definition) is 3. The van der Waals surface area contributed by atoms with E-state index in [1.54, 1.807) is 6.92 Å². The second-order valence-corrected chi connectivity index (χ2v) is 2.81. The van der Waals surface area contributed by atoms with Crippen LogP contribution in [0.2, 0.25) is 0 Å². The van der Waals surface area contributed by atoms with Crippen molar-refractivity contribution in [2.24, 2.45) is 5.16 Å². The van der Waals surface area contributed by atoms with E-state index in [0.717, 1.165) is 16.9 Å². The largest absolute Gasteiger partial charge is 0.411 e. The Labute approximate surface area is 70.9 Å². The minimum atomic E-state index is 0.583. The molecule has 1 rings (SSSR count). The molecule has 1 N–H and O–H groups in total. The fourth-order valence-corrected chi connectivity index (χ4v) is 1.23. The molecule has 0 aromatic carbocycles. The van der Waals surface area contributed by atoms with Gasteiger partial charge in [-0.15, -0.1) is 0 Å². The summed E-state index contributed by atoms with van der Waals surface area (Å²) < 4.78 is 0. The van der Waals surface area contributed by atoms with Gasteiger partial charge in [-0.2, -0.15) is 0 Å². The predicted octanol–water partition coefficient (Wildman–Crippen LogP) is 2.09. The van der Waals surface area contributed by atoms with Crippen molar-refractivity contribution >= 4 is 22.8 Å². The summed E-state index contributed by atoms with van der Waals surface area (Å²) >= 11 is 5.06. The summed E-state index contributed by atoms with van der Waals surface area (Å²) in [5, 5.41) is 11.6. The standard InChI is InChI=1S/C8H9NOS/c1-6(9-10)7-4-2-3-5-8(7)11/h2-4,10H,5H2,1H3. The lowest BCUT2D eigenvalue weighted by molar-refractivity contribution is 0.319. The third kappa shape index (κ3) is 1.74. The first kappa shape index (κ1) is 8.14. The lowest BCUT2D eigenvalue weighted by atomic mass is 10.0. The molecule has 0 aromatic rings. The zero-order valence-corrected chi connectivity index (χ0v) is 7.06. The average molecular weight is 167 g/mol. The van der Waals surface area contributed by atoms with Crippen LogP contribution < -0.4 is 0 Å². The van der Waals surface area contributed by atoms with Gasteiger partial charge in [0.05, 0.1) is 5.71 Å². The molecule has 0 saturated heterocycles. The molecule has 0 aromatic heterocycles. The minimum Gasteiger partial charge on any atom is -0.411 e. The summed E-state index contributed by atoms with van der Waals surface area (Å²) in [5.41, 5.74) is 1.45. The minimum absolute atomic E-state index is 0.583. The topological polar surface area (TPSA) is 32.6 Å². The Balaban J connectivity index is 2.93.